The van der Waals surface area contributed by atoms with Crippen LogP contribution in [-0.4, -0.2) is 50.6 Å². The Morgan fingerprint density at radius 1 is 1.21 bits per heavy atom. The number of pyridine rings is 1. The molecule has 1 amide bonds. The Balaban J connectivity index is 1.59. The van der Waals surface area contributed by atoms with Gasteiger partial charge in [0.15, 0.2) is 0 Å². The van der Waals surface area contributed by atoms with Crippen LogP contribution in [0.2, 0.25) is 0 Å². The molecule has 1 aromatic heterocycles. The zero-order chi connectivity index (χ0) is 19.6. The number of likely N-dealkylation sites (tertiary alicyclic amines) is 1. The lowest BCUT2D eigenvalue weighted by Gasteiger charge is -2.42. The summed E-state index contributed by atoms with van der Waals surface area (Å²) in [4.78, 5) is 19.5. The number of carbonyl (C=O) groups excluding carboxylic acids is 1. The van der Waals surface area contributed by atoms with Crippen LogP contribution in [0.1, 0.15) is 36.0 Å². The van der Waals surface area contributed by atoms with E-state index < -0.39 is 9.73 Å². The third kappa shape index (κ3) is 3.63. The Kier molecular flexibility index (Phi) is 5.10. The fourth-order valence-electron chi connectivity index (χ4n) is 4.39. The lowest BCUT2D eigenvalue weighted by Crippen LogP contribution is -2.54. The maximum atomic E-state index is 13.4. The molecule has 0 radical (unpaired) electrons. The summed E-state index contributed by atoms with van der Waals surface area (Å²) in [6, 6.07) is 12.7. The second-order valence-corrected chi connectivity index (χ2v) is 10.1. The van der Waals surface area contributed by atoms with E-state index in [1.165, 1.54) is 0 Å². The fourth-order valence-corrected chi connectivity index (χ4v) is 6.72. The minimum atomic E-state index is -2.22. The molecular weight excluding hydrogens is 374 g/mol. The summed E-state index contributed by atoms with van der Waals surface area (Å²) in [5.41, 5.74) is 0.254. The van der Waals surface area contributed by atoms with Crippen LogP contribution in [0, 0.1) is 0 Å². The van der Waals surface area contributed by atoms with Gasteiger partial charge >= 0.3 is 0 Å². The predicted octanol–water partition coefficient (Wildman–Crippen LogP) is 3.74. The van der Waals surface area contributed by atoms with Crippen LogP contribution in [0.5, 0.6) is 11.6 Å². The van der Waals surface area contributed by atoms with Gasteiger partial charge in [0, 0.05) is 46.9 Å². The van der Waals surface area contributed by atoms with Gasteiger partial charge in [-0.3, -0.25) is 4.79 Å². The van der Waals surface area contributed by atoms with E-state index in [1.807, 2.05) is 35.2 Å². The third-order valence-corrected chi connectivity index (χ3v) is 8.30. The first-order valence-corrected chi connectivity index (χ1v) is 11.5. The van der Waals surface area contributed by atoms with Gasteiger partial charge in [-0.2, -0.15) is 0 Å². The Hall–Kier alpha value is -2.41. The molecule has 6 nitrogen and oxygen atoms in total. The van der Waals surface area contributed by atoms with Gasteiger partial charge in [0.25, 0.3) is 5.91 Å². The molecule has 2 atom stereocenters. The number of ether oxygens (including phenoxy) is 1. The maximum Gasteiger partial charge on any atom is 0.254 e. The molecule has 4 rings (SSSR count). The van der Waals surface area contributed by atoms with Gasteiger partial charge in [-0.05, 0) is 49.9 Å². The second-order valence-electron chi connectivity index (χ2n) is 7.49. The SMILES string of the molecule is CN=S1(=O)CCCC2(CCCN2C(=O)c2cccc(Oc3ccccn3)c2)C1. The monoisotopic (exact) mass is 399 g/mol. The van der Waals surface area contributed by atoms with E-state index in [0.717, 1.165) is 25.7 Å². The topological polar surface area (TPSA) is 71.9 Å². The number of rotatable bonds is 3. The molecule has 2 unspecified atom stereocenters. The van der Waals surface area contributed by atoms with E-state index in [0.29, 0.717) is 35.2 Å². The molecule has 28 heavy (non-hydrogen) atoms. The number of amides is 1. The summed E-state index contributed by atoms with van der Waals surface area (Å²) >= 11 is 0. The highest BCUT2D eigenvalue weighted by molar-refractivity contribution is 7.93. The number of hydrogen-bond donors (Lipinski definition) is 0. The second kappa shape index (κ2) is 7.54. The zero-order valence-corrected chi connectivity index (χ0v) is 16.9. The molecule has 2 aliphatic heterocycles. The van der Waals surface area contributed by atoms with E-state index in [2.05, 4.69) is 9.35 Å². The molecule has 2 saturated heterocycles. The van der Waals surface area contributed by atoms with Crippen molar-refractivity contribution < 1.29 is 13.7 Å². The number of hydrogen-bond acceptors (Lipinski definition) is 5. The van der Waals surface area contributed by atoms with Crippen LogP contribution in [-0.2, 0) is 9.73 Å². The minimum absolute atomic E-state index is 0.0243. The summed E-state index contributed by atoms with van der Waals surface area (Å²) in [6.07, 6.45) is 5.25. The Labute approximate surface area is 166 Å². The maximum absolute atomic E-state index is 13.4. The average Bonchev–Trinajstić information content (AvgIpc) is 3.10. The molecule has 1 aromatic carbocycles. The first-order chi connectivity index (χ1) is 13.5. The number of nitrogens with zero attached hydrogens (tertiary/aromatic N) is 3. The fraction of sp³-hybridized carbons (Fsp3) is 0.429. The van der Waals surface area contributed by atoms with Gasteiger partial charge < -0.3 is 9.64 Å². The highest BCUT2D eigenvalue weighted by Gasteiger charge is 2.47. The quantitative estimate of drug-likeness (QED) is 0.788. The zero-order valence-electron chi connectivity index (χ0n) is 16.0. The smallest absolute Gasteiger partial charge is 0.254 e. The first kappa shape index (κ1) is 18.9. The molecule has 2 aliphatic rings. The molecule has 2 fully saturated rings. The summed E-state index contributed by atoms with van der Waals surface area (Å²) < 4.78 is 22.9. The summed E-state index contributed by atoms with van der Waals surface area (Å²) in [6.45, 7) is 0.698. The standard InChI is InChI=1S/C21H25N3O3S/c1-22-28(26)14-6-11-21(16-28)10-5-13-24(21)20(25)17-7-4-8-18(15-17)27-19-9-2-3-12-23-19/h2-4,7-9,12,15H,5-6,10-11,13-14,16H2,1H3. The van der Waals surface area contributed by atoms with Crippen LogP contribution in [0.25, 0.3) is 0 Å². The molecule has 0 aliphatic carbocycles. The summed E-state index contributed by atoms with van der Waals surface area (Å²) in [5.74, 6) is 2.17. The molecule has 0 saturated carbocycles. The molecule has 148 valence electrons. The Morgan fingerprint density at radius 2 is 2.07 bits per heavy atom. The third-order valence-electron chi connectivity index (χ3n) is 5.72. The van der Waals surface area contributed by atoms with Gasteiger partial charge in [-0.1, -0.05) is 12.1 Å². The minimum Gasteiger partial charge on any atom is -0.439 e. The van der Waals surface area contributed by atoms with Gasteiger partial charge in [0.1, 0.15) is 5.75 Å². The van der Waals surface area contributed by atoms with E-state index in [1.54, 1.807) is 25.4 Å². The summed E-state index contributed by atoms with van der Waals surface area (Å²) in [5, 5.41) is 0. The molecule has 7 heteroatoms. The van der Waals surface area contributed by atoms with E-state index in [4.69, 9.17) is 4.74 Å². The van der Waals surface area contributed by atoms with Crippen molar-refractivity contribution in [1.82, 2.24) is 9.88 Å². The van der Waals surface area contributed by atoms with E-state index in [9.17, 15) is 9.00 Å². The number of benzene rings is 1. The van der Waals surface area contributed by atoms with Crippen LogP contribution in [0.15, 0.2) is 53.0 Å². The molecule has 0 bridgehead atoms. The van der Waals surface area contributed by atoms with Crippen molar-refractivity contribution in [1.29, 1.82) is 0 Å². The van der Waals surface area contributed by atoms with Crippen molar-refractivity contribution in [3.8, 4) is 11.6 Å². The van der Waals surface area contributed by atoms with Crippen molar-refractivity contribution >= 4 is 15.6 Å². The van der Waals surface area contributed by atoms with Gasteiger partial charge in [-0.15, -0.1) is 0 Å². The van der Waals surface area contributed by atoms with Crippen LogP contribution >= 0.6 is 0 Å². The lowest BCUT2D eigenvalue weighted by molar-refractivity contribution is 0.0608. The highest BCUT2D eigenvalue weighted by atomic mass is 32.2. The summed E-state index contributed by atoms with van der Waals surface area (Å²) in [7, 11) is -0.579. The van der Waals surface area contributed by atoms with Crippen molar-refractivity contribution in [2.24, 2.45) is 4.36 Å². The Bertz CT molecular complexity index is 985. The molecular formula is C21H25N3O3S. The normalized spacial score (nSPS) is 27.0. The number of aromatic nitrogens is 1. The van der Waals surface area contributed by atoms with E-state index >= 15 is 0 Å². The van der Waals surface area contributed by atoms with Gasteiger partial charge in [0.05, 0.1) is 11.3 Å². The van der Waals surface area contributed by atoms with Gasteiger partial charge in [-0.25, -0.2) is 13.6 Å². The van der Waals surface area contributed by atoms with Crippen LogP contribution in [0.4, 0.5) is 0 Å². The van der Waals surface area contributed by atoms with E-state index in [-0.39, 0.29) is 11.4 Å². The Morgan fingerprint density at radius 3 is 2.86 bits per heavy atom. The predicted molar refractivity (Wildman–Crippen MR) is 109 cm³/mol. The van der Waals surface area contributed by atoms with Crippen molar-refractivity contribution in [3.05, 3.63) is 54.2 Å². The average molecular weight is 400 g/mol. The van der Waals surface area contributed by atoms with Crippen LogP contribution in [0.3, 0.4) is 0 Å². The van der Waals surface area contributed by atoms with Crippen LogP contribution < -0.4 is 4.74 Å². The first-order valence-electron chi connectivity index (χ1n) is 9.65. The largest absolute Gasteiger partial charge is 0.439 e. The lowest BCUT2D eigenvalue weighted by atomic mass is 9.92. The van der Waals surface area contributed by atoms with Crippen molar-refractivity contribution in [2.75, 3.05) is 25.1 Å². The van der Waals surface area contributed by atoms with Crippen molar-refractivity contribution in [3.63, 3.8) is 0 Å². The molecule has 2 aromatic rings. The molecule has 1 spiro atoms. The van der Waals surface area contributed by atoms with Crippen molar-refractivity contribution in [2.45, 2.75) is 31.2 Å². The highest BCUT2D eigenvalue weighted by Crippen LogP contribution is 2.39. The number of carbonyl (C=O) groups is 1. The molecule has 0 N–H and O–H groups in total. The van der Waals surface area contributed by atoms with Gasteiger partial charge in [0.2, 0.25) is 5.88 Å². The molecule has 3 heterocycles.